The summed E-state index contributed by atoms with van der Waals surface area (Å²) in [4.78, 5) is 21.1. The molecule has 182 valence electrons. The summed E-state index contributed by atoms with van der Waals surface area (Å²) in [6.45, 7) is 10.3. The van der Waals surface area contributed by atoms with Crippen molar-refractivity contribution in [3.8, 4) is 22.9 Å². The van der Waals surface area contributed by atoms with Gasteiger partial charge in [0.15, 0.2) is 0 Å². The predicted molar refractivity (Wildman–Crippen MR) is 133 cm³/mol. The van der Waals surface area contributed by atoms with Crippen LogP contribution in [0.5, 0.6) is 5.75 Å². The lowest BCUT2D eigenvalue weighted by Crippen LogP contribution is -2.50. The normalized spacial score (nSPS) is 15.5. The molecule has 0 bridgehead atoms. The average molecular weight is 475 g/mol. The second-order valence-corrected chi connectivity index (χ2v) is 8.67. The summed E-state index contributed by atoms with van der Waals surface area (Å²) < 4.78 is 7.41. The predicted octanol–water partition coefficient (Wildman–Crippen LogP) is 2.89. The Bertz CT molecular complexity index is 1240. The van der Waals surface area contributed by atoms with Gasteiger partial charge < -0.3 is 19.6 Å². The zero-order valence-corrected chi connectivity index (χ0v) is 20.1. The van der Waals surface area contributed by atoms with Crippen LogP contribution in [0.15, 0.2) is 49.4 Å². The van der Waals surface area contributed by atoms with Gasteiger partial charge in [-0.2, -0.15) is 10.4 Å². The van der Waals surface area contributed by atoms with Gasteiger partial charge in [0.2, 0.25) is 5.91 Å². The Morgan fingerprint density at radius 2 is 2.09 bits per heavy atom. The third-order valence-corrected chi connectivity index (χ3v) is 6.34. The van der Waals surface area contributed by atoms with Gasteiger partial charge in [-0.05, 0) is 24.6 Å². The van der Waals surface area contributed by atoms with E-state index in [1.807, 2.05) is 36.9 Å². The fourth-order valence-electron chi connectivity index (χ4n) is 4.07. The van der Waals surface area contributed by atoms with E-state index in [-0.39, 0.29) is 18.4 Å². The summed E-state index contributed by atoms with van der Waals surface area (Å²) >= 11 is 0. The third kappa shape index (κ3) is 5.12. The van der Waals surface area contributed by atoms with Crippen LogP contribution in [-0.2, 0) is 4.79 Å². The van der Waals surface area contributed by atoms with Crippen LogP contribution < -0.4 is 9.64 Å². The van der Waals surface area contributed by atoms with Gasteiger partial charge in [0.1, 0.15) is 24.2 Å². The Labute approximate surface area is 204 Å². The minimum atomic E-state index is -0.557. The Hall–Kier alpha value is -3.90. The second kappa shape index (κ2) is 10.6. The number of rotatable bonds is 8. The van der Waals surface area contributed by atoms with Gasteiger partial charge in [-0.25, -0.2) is 9.50 Å². The van der Waals surface area contributed by atoms with Crippen molar-refractivity contribution < 1.29 is 14.6 Å². The van der Waals surface area contributed by atoms with Crippen LogP contribution in [0.2, 0.25) is 0 Å². The average Bonchev–Trinajstić information content (AvgIpc) is 3.33. The van der Waals surface area contributed by atoms with E-state index in [0.29, 0.717) is 49.4 Å². The van der Waals surface area contributed by atoms with E-state index in [1.165, 1.54) is 6.20 Å². The molecule has 1 unspecified atom stereocenters. The Balaban J connectivity index is 1.56. The van der Waals surface area contributed by atoms with Crippen LogP contribution in [0.3, 0.4) is 0 Å². The van der Waals surface area contributed by atoms with Crippen molar-refractivity contribution in [2.45, 2.75) is 26.4 Å². The van der Waals surface area contributed by atoms with Crippen molar-refractivity contribution in [2.24, 2.45) is 5.92 Å². The van der Waals surface area contributed by atoms with E-state index in [4.69, 9.17) is 4.74 Å². The third-order valence-electron chi connectivity index (χ3n) is 6.34. The van der Waals surface area contributed by atoms with Gasteiger partial charge in [-0.15, -0.1) is 6.58 Å². The molecule has 0 aromatic carbocycles. The fourth-order valence-corrected chi connectivity index (χ4v) is 4.07. The smallest absolute Gasteiger partial charge is 0.229 e. The Kier molecular flexibility index (Phi) is 7.32. The zero-order chi connectivity index (χ0) is 24.9. The highest BCUT2D eigenvalue weighted by Crippen LogP contribution is 2.31. The minimum absolute atomic E-state index is 0.106. The minimum Gasteiger partial charge on any atom is -0.489 e. The number of ether oxygens (including phenoxy) is 1. The number of carbonyl (C=O) groups is 1. The number of aliphatic hydroxyl groups is 1. The first-order valence-corrected chi connectivity index (χ1v) is 11.8. The molecule has 1 N–H and O–H groups in total. The number of hydrogen-bond donors (Lipinski definition) is 1. The molecule has 1 aliphatic rings. The van der Waals surface area contributed by atoms with Crippen LogP contribution in [0.4, 0.5) is 5.82 Å². The van der Waals surface area contributed by atoms with Gasteiger partial charge in [0.25, 0.3) is 0 Å². The maximum Gasteiger partial charge on any atom is 0.229 e. The van der Waals surface area contributed by atoms with Crippen molar-refractivity contribution in [3.05, 3.63) is 55.0 Å². The van der Waals surface area contributed by atoms with E-state index in [9.17, 15) is 15.2 Å². The van der Waals surface area contributed by atoms with Crippen LogP contribution in [0.25, 0.3) is 16.6 Å². The molecule has 2 atom stereocenters. The molecule has 0 radical (unpaired) electrons. The maximum atomic E-state index is 12.4. The number of nitrogens with zero attached hydrogens (tertiary/aromatic N) is 6. The fraction of sp³-hybridized carbons (Fsp3) is 0.385. The standard InChI is InChI=1S/C26H30N6O3/c1-4-18(3)26(34)31-10-8-30(9-11-31)24-7-6-19(14-28-24)23-12-22(35-17-21(33)5-2)16-32-25(23)20(13-27)15-29-32/h4,6-7,12,14-16,18,21,33H,1,5,8-11,17H2,2-3H3/t18?,21-/m1/s1. The number of piperazine rings is 1. The molecule has 1 aliphatic heterocycles. The van der Waals surface area contributed by atoms with E-state index in [0.717, 1.165) is 16.9 Å². The van der Waals surface area contributed by atoms with Gasteiger partial charge in [0.05, 0.1) is 35.5 Å². The van der Waals surface area contributed by atoms with E-state index < -0.39 is 6.10 Å². The number of aromatic nitrogens is 3. The molecule has 1 amide bonds. The van der Waals surface area contributed by atoms with Crippen molar-refractivity contribution in [1.82, 2.24) is 19.5 Å². The first-order valence-electron chi connectivity index (χ1n) is 11.8. The lowest BCUT2D eigenvalue weighted by Gasteiger charge is -2.36. The van der Waals surface area contributed by atoms with E-state index in [1.54, 1.807) is 23.0 Å². The van der Waals surface area contributed by atoms with Gasteiger partial charge in [0, 0.05) is 43.5 Å². The Morgan fingerprint density at radius 1 is 1.31 bits per heavy atom. The number of pyridine rings is 2. The number of anilines is 1. The number of fused-ring (bicyclic) bond motifs is 1. The number of hydrogen-bond acceptors (Lipinski definition) is 7. The van der Waals surface area contributed by atoms with Crippen molar-refractivity contribution in [2.75, 3.05) is 37.7 Å². The molecule has 9 nitrogen and oxygen atoms in total. The maximum absolute atomic E-state index is 12.4. The van der Waals surface area contributed by atoms with E-state index in [2.05, 4.69) is 27.6 Å². The molecular formula is C26H30N6O3. The lowest BCUT2D eigenvalue weighted by atomic mass is 10.1. The monoisotopic (exact) mass is 474 g/mol. The molecule has 4 rings (SSSR count). The van der Waals surface area contributed by atoms with Crippen LogP contribution >= 0.6 is 0 Å². The van der Waals surface area contributed by atoms with E-state index >= 15 is 0 Å². The lowest BCUT2D eigenvalue weighted by molar-refractivity contribution is -0.133. The number of aliphatic hydroxyl groups excluding tert-OH is 1. The van der Waals surface area contributed by atoms with Crippen LogP contribution in [-0.4, -0.2) is 69.4 Å². The highest BCUT2D eigenvalue weighted by Gasteiger charge is 2.24. The largest absolute Gasteiger partial charge is 0.489 e. The molecule has 3 aromatic heterocycles. The number of carbonyl (C=O) groups excluding carboxylic acids is 1. The summed E-state index contributed by atoms with van der Waals surface area (Å²) in [6, 6.07) is 7.96. The number of amides is 1. The molecule has 0 aliphatic carbocycles. The molecule has 0 spiro atoms. The highest BCUT2D eigenvalue weighted by atomic mass is 16.5. The van der Waals surface area contributed by atoms with Crippen LogP contribution in [0, 0.1) is 17.2 Å². The molecule has 1 fully saturated rings. The van der Waals surface area contributed by atoms with Gasteiger partial charge in [-0.1, -0.05) is 19.9 Å². The molecule has 35 heavy (non-hydrogen) atoms. The topological polar surface area (TPSA) is 107 Å². The first-order chi connectivity index (χ1) is 16.9. The van der Waals surface area contributed by atoms with Gasteiger partial charge in [-0.3, -0.25) is 4.79 Å². The number of nitriles is 1. The summed E-state index contributed by atoms with van der Waals surface area (Å²) in [5.41, 5.74) is 2.73. The van der Waals surface area contributed by atoms with Crippen molar-refractivity contribution in [3.63, 3.8) is 0 Å². The van der Waals surface area contributed by atoms with Gasteiger partial charge >= 0.3 is 0 Å². The molecule has 0 saturated carbocycles. The quantitative estimate of drug-likeness (QED) is 0.500. The summed E-state index contributed by atoms with van der Waals surface area (Å²) in [5, 5.41) is 23.7. The molecule has 1 saturated heterocycles. The summed E-state index contributed by atoms with van der Waals surface area (Å²) in [7, 11) is 0. The summed E-state index contributed by atoms with van der Waals surface area (Å²) in [5.74, 6) is 1.31. The second-order valence-electron chi connectivity index (χ2n) is 8.67. The Morgan fingerprint density at radius 3 is 2.71 bits per heavy atom. The zero-order valence-electron chi connectivity index (χ0n) is 20.1. The van der Waals surface area contributed by atoms with Crippen molar-refractivity contribution >= 4 is 17.2 Å². The molecular weight excluding hydrogens is 444 g/mol. The molecule has 3 aromatic rings. The highest BCUT2D eigenvalue weighted by molar-refractivity contribution is 5.85. The van der Waals surface area contributed by atoms with Crippen molar-refractivity contribution in [1.29, 1.82) is 5.26 Å². The molecule has 9 heteroatoms. The van der Waals surface area contributed by atoms with Crippen LogP contribution in [0.1, 0.15) is 25.8 Å². The summed E-state index contributed by atoms with van der Waals surface area (Å²) in [6.07, 6.45) is 6.73. The first kappa shape index (κ1) is 24.2. The SMILES string of the molecule is C=CC(C)C(=O)N1CCN(c2ccc(-c3cc(OC[C@H](O)CC)cn4ncc(C#N)c34)cn2)CC1. The molecule has 4 heterocycles.